The van der Waals surface area contributed by atoms with Crippen molar-refractivity contribution in [2.24, 2.45) is 5.73 Å². The highest BCUT2D eigenvalue weighted by molar-refractivity contribution is 7.99. The molecular weight excluding hydrogens is 316 g/mol. The highest BCUT2D eigenvalue weighted by Crippen LogP contribution is 2.24. The highest BCUT2D eigenvalue weighted by Gasteiger charge is 2.09. The third-order valence-electron chi connectivity index (χ3n) is 2.75. The molecule has 0 aromatic heterocycles. The van der Waals surface area contributed by atoms with Gasteiger partial charge in [-0.25, -0.2) is 4.39 Å². The second-order valence-corrected chi connectivity index (χ2v) is 6.41. The zero-order valence-corrected chi connectivity index (χ0v) is 13.0. The fraction of sp³-hybridized carbons (Fsp3) is 0.200. The van der Waals surface area contributed by atoms with E-state index in [2.05, 4.69) is 0 Å². The summed E-state index contributed by atoms with van der Waals surface area (Å²) in [5.74, 6) is 0.423. The molecule has 2 rings (SSSR count). The predicted molar refractivity (Wildman–Crippen MR) is 85.3 cm³/mol. The van der Waals surface area contributed by atoms with Crippen LogP contribution in [0.1, 0.15) is 5.56 Å². The molecule has 0 fully saturated rings. The van der Waals surface area contributed by atoms with E-state index in [1.165, 1.54) is 12.1 Å². The Hall–Kier alpha value is -0.740. The quantitative estimate of drug-likeness (QED) is 0.798. The summed E-state index contributed by atoms with van der Waals surface area (Å²) in [6.45, 7) is 0. The molecule has 0 aliphatic rings. The number of hydrogen-bond acceptors (Lipinski definition) is 2. The van der Waals surface area contributed by atoms with Gasteiger partial charge in [-0.15, -0.1) is 11.8 Å². The van der Waals surface area contributed by atoms with Crippen molar-refractivity contribution in [2.45, 2.75) is 17.4 Å². The first kappa shape index (κ1) is 15.6. The van der Waals surface area contributed by atoms with Gasteiger partial charge in [0.2, 0.25) is 0 Å². The third-order valence-corrected chi connectivity index (χ3v) is 4.54. The molecule has 5 heteroatoms. The van der Waals surface area contributed by atoms with Crippen LogP contribution in [0.5, 0.6) is 0 Å². The molecule has 0 saturated heterocycles. The molecule has 20 heavy (non-hydrogen) atoms. The summed E-state index contributed by atoms with van der Waals surface area (Å²) in [5.41, 5.74) is 6.82. The van der Waals surface area contributed by atoms with Gasteiger partial charge in [-0.3, -0.25) is 0 Å². The van der Waals surface area contributed by atoms with Crippen LogP contribution >= 0.6 is 35.0 Å². The average molecular weight is 330 g/mol. The molecule has 0 aliphatic heterocycles. The monoisotopic (exact) mass is 329 g/mol. The molecule has 0 saturated carbocycles. The first-order valence-electron chi connectivity index (χ1n) is 6.12. The van der Waals surface area contributed by atoms with Crippen molar-refractivity contribution in [2.75, 3.05) is 5.75 Å². The molecule has 106 valence electrons. The fourth-order valence-corrected chi connectivity index (χ4v) is 3.16. The predicted octanol–water partition coefficient (Wildman–Crippen LogP) is 4.79. The maximum atomic E-state index is 13.2. The van der Waals surface area contributed by atoms with E-state index in [-0.39, 0.29) is 11.9 Å². The van der Waals surface area contributed by atoms with Crippen molar-refractivity contribution >= 4 is 35.0 Å². The van der Waals surface area contributed by atoms with Crippen molar-refractivity contribution in [3.05, 3.63) is 63.9 Å². The molecule has 2 aromatic carbocycles. The standard InChI is InChI=1S/C15H14Cl2FNS/c16-11-2-1-3-14(8-11)20-9-13(19)7-10-6-12(18)4-5-15(10)17/h1-6,8,13H,7,9,19H2. The Morgan fingerprint density at radius 1 is 1.15 bits per heavy atom. The molecular formula is C15H14Cl2FNS. The summed E-state index contributed by atoms with van der Waals surface area (Å²) in [4.78, 5) is 1.07. The molecule has 0 radical (unpaired) electrons. The van der Waals surface area contributed by atoms with E-state index in [1.807, 2.05) is 24.3 Å². The number of thioether (sulfide) groups is 1. The molecule has 1 unspecified atom stereocenters. The molecule has 2 N–H and O–H groups in total. The van der Waals surface area contributed by atoms with E-state index in [4.69, 9.17) is 28.9 Å². The maximum absolute atomic E-state index is 13.2. The van der Waals surface area contributed by atoms with Crippen LogP contribution in [0.2, 0.25) is 10.0 Å². The van der Waals surface area contributed by atoms with Crippen LogP contribution in [0.4, 0.5) is 4.39 Å². The molecule has 0 amide bonds. The van der Waals surface area contributed by atoms with Crippen LogP contribution < -0.4 is 5.73 Å². The lowest BCUT2D eigenvalue weighted by molar-refractivity contribution is 0.623. The molecule has 0 heterocycles. The van der Waals surface area contributed by atoms with Crippen molar-refractivity contribution in [1.29, 1.82) is 0 Å². The molecule has 2 aromatic rings. The van der Waals surface area contributed by atoms with Gasteiger partial charge in [0.05, 0.1) is 0 Å². The largest absolute Gasteiger partial charge is 0.327 e. The Morgan fingerprint density at radius 2 is 1.95 bits per heavy atom. The minimum absolute atomic E-state index is 0.0988. The molecule has 0 bridgehead atoms. The van der Waals surface area contributed by atoms with Gasteiger partial charge in [-0.2, -0.15) is 0 Å². The summed E-state index contributed by atoms with van der Waals surface area (Å²) in [6, 6.07) is 11.9. The summed E-state index contributed by atoms with van der Waals surface area (Å²) >= 11 is 13.6. The van der Waals surface area contributed by atoms with Gasteiger partial charge < -0.3 is 5.73 Å². The normalized spacial score (nSPS) is 12.4. The Balaban J connectivity index is 1.92. The Labute approximate surface area is 132 Å². The summed E-state index contributed by atoms with van der Waals surface area (Å²) in [5, 5.41) is 1.26. The smallest absolute Gasteiger partial charge is 0.123 e. The van der Waals surface area contributed by atoms with Crippen molar-refractivity contribution in [1.82, 2.24) is 0 Å². The zero-order valence-electron chi connectivity index (χ0n) is 10.7. The Kier molecular flexibility index (Phi) is 5.73. The van der Waals surface area contributed by atoms with Gasteiger partial charge in [-0.05, 0) is 48.4 Å². The maximum Gasteiger partial charge on any atom is 0.123 e. The number of halogens is 3. The summed E-state index contributed by atoms with van der Waals surface area (Å²) < 4.78 is 13.2. The molecule has 1 atom stereocenters. The first-order valence-corrected chi connectivity index (χ1v) is 7.86. The Morgan fingerprint density at radius 3 is 2.70 bits per heavy atom. The first-order chi connectivity index (χ1) is 9.54. The molecule has 1 nitrogen and oxygen atoms in total. The van der Waals surface area contributed by atoms with Crippen LogP contribution in [0.25, 0.3) is 0 Å². The highest BCUT2D eigenvalue weighted by atomic mass is 35.5. The lowest BCUT2D eigenvalue weighted by atomic mass is 10.1. The van der Waals surface area contributed by atoms with Gasteiger partial charge in [0.15, 0.2) is 0 Å². The number of hydrogen-bond donors (Lipinski definition) is 1. The van der Waals surface area contributed by atoms with Crippen molar-refractivity contribution in [3.63, 3.8) is 0 Å². The van der Waals surface area contributed by atoms with E-state index in [0.29, 0.717) is 22.2 Å². The van der Waals surface area contributed by atoms with Gasteiger partial charge in [-0.1, -0.05) is 29.3 Å². The fourth-order valence-electron chi connectivity index (χ4n) is 1.80. The average Bonchev–Trinajstić information content (AvgIpc) is 2.41. The van der Waals surface area contributed by atoms with Gasteiger partial charge in [0.25, 0.3) is 0 Å². The van der Waals surface area contributed by atoms with Crippen LogP contribution in [0, 0.1) is 5.82 Å². The van der Waals surface area contributed by atoms with Gasteiger partial charge in [0.1, 0.15) is 5.82 Å². The van der Waals surface area contributed by atoms with E-state index < -0.39 is 0 Å². The second-order valence-electron chi connectivity index (χ2n) is 4.47. The number of benzene rings is 2. The van der Waals surface area contributed by atoms with Crippen LogP contribution in [-0.4, -0.2) is 11.8 Å². The van der Waals surface area contributed by atoms with Crippen LogP contribution in [0.3, 0.4) is 0 Å². The second kappa shape index (κ2) is 7.32. The molecule has 0 spiro atoms. The van der Waals surface area contributed by atoms with Gasteiger partial charge >= 0.3 is 0 Å². The topological polar surface area (TPSA) is 26.0 Å². The summed E-state index contributed by atoms with van der Waals surface area (Å²) in [6.07, 6.45) is 0.546. The zero-order chi connectivity index (χ0) is 14.5. The SMILES string of the molecule is NC(CSc1cccc(Cl)c1)Cc1cc(F)ccc1Cl. The van der Waals surface area contributed by atoms with E-state index >= 15 is 0 Å². The molecule has 0 aliphatic carbocycles. The minimum Gasteiger partial charge on any atom is -0.327 e. The van der Waals surface area contributed by atoms with E-state index in [9.17, 15) is 4.39 Å². The van der Waals surface area contributed by atoms with Crippen molar-refractivity contribution < 1.29 is 4.39 Å². The Bertz CT molecular complexity index is 592. The van der Waals surface area contributed by atoms with E-state index in [1.54, 1.807) is 17.8 Å². The van der Waals surface area contributed by atoms with Crippen molar-refractivity contribution in [3.8, 4) is 0 Å². The number of nitrogens with two attached hydrogens (primary N) is 1. The summed E-state index contributed by atoms with van der Waals surface area (Å²) in [7, 11) is 0. The lowest BCUT2D eigenvalue weighted by Crippen LogP contribution is -2.25. The van der Waals surface area contributed by atoms with Gasteiger partial charge in [0, 0.05) is 26.7 Å². The van der Waals surface area contributed by atoms with Crippen LogP contribution in [-0.2, 0) is 6.42 Å². The minimum atomic E-state index is -0.293. The number of rotatable bonds is 5. The van der Waals surface area contributed by atoms with E-state index in [0.717, 1.165) is 10.5 Å². The third kappa shape index (κ3) is 4.67. The lowest BCUT2D eigenvalue weighted by Gasteiger charge is -2.12. The van der Waals surface area contributed by atoms with Crippen LogP contribution in [0.15, 0.2) is 47.4 Å².